The van der Waals surface area contributed by atoms with Crippen molar-refractivity contribution in [3.8, 4) is 0 Å². The molecule has 36 heavy (non-hydrogen) atoms. The maximum atomic E-state index is 13.9. The third kappa shape index (κ3) is 6.37. The van der Waals surface area contributed by atoms with Gasteiger partial charge in [0.1, 0.15) is 11.6 Å². The monoisotopic (exact) mass is 503 g/mol. The largest absolute Gasteiger partial charge is 0.444 e. The molecule has 200 valence electrons. The number of amides is 3. The molecule has 3 rings (SSSR count). The Morgan fingerprint density at radius 1 is 1.06 bits per heavy atom. The lowest BCUT2D eigenvalue weighted by Crippen LogP contribution is -2.67. The van der Waals surface area contributed by atoms with Gasteiger partial charge >= 0.3 is 6.09 Å². The molecule has 0 aliphatic carbocycles. The fourth-order valence-corrected chi connectivity index (χ4v) is 4.95. The van der Waals surface area contributed by atoms with E-state index in [9.17, 15) is 19.5 Å². The average Bonchev–Trinajstić information content (AvgIpc) is 3.51. The zero-order chi connectivity index (χ0) is 26.5. The number of carbonyl (C=O) groups excluding carboxylic acids is 3. The van der Waals surface area contributed by atoms with Gasteiger partial charge in [0.2, 0.25) is 11.8 Å². The number of benzene rings is 1. The molecule has 0 aromatic heterocycles. The number of nitrogens with zero attached hydrogens (tertiary/aromatic N) is 2. The highest BCUT2D eigenvalue weighted by molar-refractivity contribution is 5.95. The van der Waals surface area contributed by atoms with Crippen LogP contribution < -0.4 is 5.32 Å². The second kappa shape index (κ2) is 11.6. The van der Waals surface area contributed by atoms with Crippen molar-refractivity contribution in [3.63, 3.8) is 0 Å². The summed E-state index contributed by atoms with van der Waals surface area (Å²) in [4.78, 5) is 43.4. The van der Waals surface area contributed by atoms with Gasteiger partial charge in [0.05, 0.1) is 18.8 Å². The summed E-state index contributed by atoms with van der Waals surface area (Å²) in [5.41, 5.74) is -1.34. The maximum absolute atomic E-state index is 13.9. The van der Waals surface area contributed by atoms with Crippen LogP contribution in [0, 0.1) is 0 Å². The lowest BCUT2D eigenvalue weighted by molar-refractivity contribution is -0.147. The van der Waals surface area contributed by atoms with Gasteiger partial charge in [0.25, 0.3) is 0 Å². The fraction of sp³-hybridized carbons (Fsp3) is 0.667. The van der Waals surface area contributed by atoms with E-state index >= 15 is 0 Å². The first-order valence-electron chi connectivity index (χ1n) is 12.9. The molecule has 9 heteroatoms. The zero-order valence-corrected chi connectivity index (χ0v) is 22.2. The number of hydrogen-bond donors (Lipinski definition) is 2. The molecule has 0 spiro atoms. The zero-order valence-electron chi connectivity index (χ0n) is 22.2. The predicted molar refractivity (Wildman–Crippen MR) is 135 cm³/mol. The highest BCUT2D eigenvalue weighted by Gasteiger charge is 2.55. The molecule has 1 aromatic carbocycles. The fourth-order valence-electron chi connectivity index (χ4n) is 4.95. The smallest absolute Gasteiger partial charge is 0.411 e. The molecule has 2 saturated heterocycles. The standard InChI is InChI=1S/C27H41N3O6/c1-19(35-18-21-12-7-6-8-13-21)22(23(32)29-15-9-10-16-29)28-24(33)27(20(2)31)14-11-17-30(27)25(34)36-26(3,4)5/h6-8,12-13,19-20,22,31H,9-11,14-18H2,1-5H3,(H,28,33)/t19-,20?,22+,27?/m1/s1. The minimum Gasteiger partial charge on any atom is -0.444 e. The molecule has 2 unspecified atom stereocenters. The van der Waals surface area contributed by atoms with Crippen LogP contribution in [0.15, 0.2) is 30.3 Å². The molecule has 0 saturated carbocycles. The van der Waals surface area contributed by atoms with Crippen LogP contribution in [0.2, 0.25) is 0 Å². The number of ether oxygens (including phenoxy) is 2. The highest BCUT2D eigenvalue weighted by atomic mass is 16.6. The minimum atomic E-state index is -1.54. The molecule has 2 aliphatic rings. The van der Waals surface area contributed by atoms with E-state index in [1.807, 2.05) is 30.3 Å². The van der Waals surface area contributed by atoms with Crippen LogP contribution in [0.1, 0.15) is 65.9 Å². The Bertz CT molecular complexity index is 910. The first-order valence-corrected chi connectivity index (χ1v) is 12.9. The molecule has 4 atom stereocenters. The van der Waals surface area contributed by atoms with E-state index in [-0.39, 0.29) is 25.5 Å². The van der Waals surface area contributed by atoms with E-state index in [0.717, 1.165) is 18.4 Å². The van der Waals surface area contributed by atoms with Crippen molar-refractivity contribution >= 4 is 17.9 Å². The first kappa shape index (κ1) is 27.9. The summed E-state index contributed by atoms with van der Waals surface area (Å²) in [7, 11) is 0. The van der Waals surface area contributed by atoms with Gasteiger partial charge in [-0.15, -0.1) is 0 Å². The molecule has 0 bridgehead atoms. The second-order valence-electron chi connectivity index (χ2n) is 10.8. The number of nitrogens with one attached hydrogen (secondary N) is 1. The van der Waals surface area contributed by atoms with Gasteiger partial charge in [-0.2, -0.15) is 0 Å². The molecule has 2 heterocycles. The predicted octanol–water partition coefficient (Wildman–Crippen LogP) is 2.85. The lowest BCUT2D eigenvalue weighted by atomic mass is 9.88. The van der Waals surface area contributed by atoms with E-state index in [0.29, 0.717) is 19.5 Å². The Hall–Kier alpha value is -2.65. The van der Waals surface area contributed by atoms with Gasteiger partial charge in [-0.1, -0.05) is 30.3 Å². The van der Waals surface area contributed by atoms with Crippen molar-refractivity contribution in [1.82, 2.24) is 15.1 Å². The number of aliphatic hydroxyl groups excluding tert-OH is 1. The van der Waals surface area contributed by atoms with Crippen molar-refractivity contribution in [2.45, 2.75) is 96.3 Å². The maximum Gasteiger partial charge on any atom is 0.411 e. The van der Waals surface area contributed by atoms with Crippen LogP contribution in [0.5, 0.6) is 0 Å². The van der Waals surface area contributed by atoms with E-state index in [2.05, 4.69) is 5.32 Å². The number of aliphatic hydroxyl groups is 1. The second-order valence-corrected chi connectivity index (χ2v) is 10.8. The Balaban J connectivity index is 1.83. The van der Waals surface area contributed by atoms with Crippen molar-refractivity contribution < 1.29 is 29.0 Å². The molecular formula is C27H41N3O6. The summed E-state index contributed by atoms with van der Waals surface area (Å²) in [5.74, 6) is -0.794. The molecule has 0 radical (unpaired) electrons. The Kier molecular flexibility index (Phi) is 9.00. The van der Waals surface area contributed by atoms with Gasteiger partial charge in [-0.25, -0.2) is 4.79 Å². The summed E-state index contributed by atoms with van der Waals surface area (Å²) in [5, 5.41) is 13.7. The molecule has 1 aromatic rings. The van der Waals surface area contributed by atoms with Crippen molar-refractivity contribution in [1.29, 1.82) is 0 Å². The topological polar surface area (TPSA) is 108 Å². The third-order valence-electron chi connectivity index (χ3n) is 6.92. The first-order chi connectivity index (χ1) is 17.0. The van der Waals surface area contributed by atoms with Crippen LogP contribution in [0.4, 0.5) is 4.79 Å². The summed E-state index contributed by atoms with van der Waals surface area (Å²) >= 11 is 0. The molecule has 2 N–H and O–H groups in total. The number of hydrogen-bond acceptors (Lipinski definition) is 6. The normalized spacial score (nSPS) is 22.7. The minimum absolute atomic E-state index is 0.219. The number of carbonyl (C=O) groups is 3. The molecule has 2 fully saturated rings. The SMILES string of the molecule is CC(O)C1(C(=O)N[C@H](C(=O)N2CCCC2)[C@@H](C)OCc2ccccc2)CCCN1C(=O)OC(C)(C)C. The quantitative estimate of drug-likeness (QED) is 0.565. The van der Waals surface area contributed by atoms with Crippen molar-refractivity contribution in [2.24, 2.45) is 0 Å². The van der Waals surface area contributed by atoms with Gasteiger partial charge in [-0.3, -0.25) is 14.5 Å². The summed E-state index contributed by atoms with van der Waals surface area (Å²) in [6, 6.07) is 8.65. The highest BCUT2D eigenvalue weighted by Crippen LogP contribution is 2.35. The van der Waals surface area contributed by atoms with E-state index < -0.39 is 41.4 Å². The molecule has 3 amide bonds. The van der Waals surface area contributed by atoms with Gasteiger partial charge in [0, 0.05) is 19.6 Å². The third-order valence-corrected chi connectivity index (χ3v) is 6.92. The Morgan fingerprint density at radius 3 is 2.28 bits per heavy atom. The average molecular weight is 504 g/mol. The summed E-state index contributed by atoms with van der Waals surface area (Å²) in [6.07, 6.45) is 0.153. The van der Waals surface area contributed by atoms with Gasteiger partial charge in [-0.05, 0) is 65.9 Å². The number of rotatable bonds is 8. The summed E-state index contributed by atoms with van der Waals surface area (Å²) in [6.45, 7) is 10.3. The lowest BCUT2D eigenvalue weighted by Gasteiger charge is -2.41. The van der Waals surface area contributed by atoms with Gasteiger partial charge in [0.15, 0.2) is 5.54 Å². The van der Waals surface area contributed by atoms with Crippen LogP contribution in [0.3, 0.4) is 0 Å². The molecular weight excluding hydrogens is 462 g/mol. The van der Waals surface area contributed by atoms with Crippen molar-refractivity contribution in [2.75, 3.05) is 19.6 Å². The van der Waals surface area contributed by atoms with Crippen LogP contribution in [-0.4, -0.2) is 81.8 Å². The van der Waals surface area contributed by atoms with E-state index in [1.54, 1.807) is 32.6 Å². The molecule has 9 nitrogen and oxygen atoms in total. The van der Waals surface area contributed by atoms with Gasteiger partial charge < -0.3 is 24.8 Å². The number of likely N-dealkylation sites (tertiary alicyclic amines) is 2. The van der Waals surface area contributed by atoms with Crippen molar-refractivity contribution in [3.05, 3.63) is 35.9 Å². The van der Waals surface area contributed by atoms with E-state index in [4.69, 9.17) is 9.47 Å². The Labute approximate surface area is 214 Å². The van der Waals surface area contributed by atoms with Crippen LogP contribution in [-0.2, 0) is 25.7 Å². The van der Waals surface area contributed by atoms with Crippen LogP contribution in [0.25, 0.3) is 0 Å². The van der Waals surface area contributed by atoms with Crippen LogP contribution >= 0.6 is 0 Å². The summed E-state index contributed by atoms with van der Waals surface area (Å²) < 4.78 is 11.6. The molecule has 2 aliphatic heterocycles. The van der Waals surface area contributed by atoms with E-state index in [1.165, 1.54) is 11.8 Å². The Morgan fingerprint density at radius 2 is 1.69 bits per heavy atom.